The van der Waals surface area contributed by atoms with Crippen LogP contribution in [0.1, 0.15) is 27.6 Å². The SMILES string of the molecule is C=CCN1C(=O)COc2ccc(C(=O)COc3cccc(C(=O)OCC)c3)cc21. The quantitative estimate of drug-likeness (QED) is 0.388. The number of Topliss-reactive ketones (excluding diaryl/α,β-unsaturated/α-hetero) is 1. The smallest absolute Gasteiger partial charge is 0.338 e. The number of esters is 1. The van der Waals surface area contributed by atoms with Crippen LogP contribution in [0.4, 0.5) is 5.69 Å². The fourth-order valence-corrected chi connectivity index (χ4v) is 2.86. The second-order valence-electron chi connectivity index (χ2n) is 6.22. The molecule has 7 heteroatoms. The van der Waals surface area contributed by atoms with Crippen molar-refractivity contribution in [1.29, 1.82) is 0 Å². The Morgan fingerprint density at radius 1 is 1.21 bits per heavy atom. The van der Waals surface area contributed by atoms with Gasteiger partial charge < -0.3 is 19.1 Å². The first-order valence-electron chi connectivity index (χ1n) is 9.14. The summed E-state index contributed by atoms with van der Waals surface area (Å²) in [5.74, 6) is -0.00871. The Morgan fingerprint density at radius 2 is 2.03 bits per heavy atom. The van der Waals surface area contributed by atoms with Crippen LogP contribution in [0.2, 0.25) is 0 Å². The van der Waals surface area contributed by atoms with Crippen LogP contribution < -0.4 is 14.4 Å². The van der Waals surface area contributed by atoms with Crippen molar-refractivity contribution in [2.24, 2.45) is 0 Å². The molecular weight excluding hydrogens is 374 g/mol. The number of hydrogen-bond donors (Lipinski definition) is 0. The van der Waals surface area contributed by atoms with Crippen LogP contribution in [-0.2, 0) is 9.53 Å². The molecule has 1 aliphatic heterocycles. The molecular formula is C22H21NO6. The van der Waals surface area contributed by atoms with Crippen LogP contribution in [0, 0.1) is 0 Å². The van der Waals surface area contributed by atoms with Crippen LogP contribution in [0.25, 0.3) is 0 Å². The average molecular weight is 395 g/mol. The Balaban J connectivity index is 1.72. The summed E-state index contributed by atoms with van der Waals surface area (Å²) >= 11 is 0. The predicted octanol–water partition coefficient (Wildman–Crippen LogP) is 3.04. The molecule has 29 heavy (non-hydrogen) atoms. The maximum atomic E-state index is 12.6. The van der Waals surface area contributed by atoms with E-state index in [2.05, 4.69) is 6.58 Å². The molecule has 1 aliphatic rings. The molecule has 2 aromatic carbocycles. The number of carbonyl (C=O) groups is 3. The predicted molar refractivity (Wildman–Crippen MR) is 107 cm³/mol. The second kappa shape index (κ2) is 9.05. The van der Waals surface area contributed by atoms with Crippen molar-refractivity contribution in [2.75, 3.05) is 31.3 Å². The highest BCUT2D eigenvalue weighted by Crippen LogP contribution is 2.33. The van der Waals surface area contributed by atoms with Crippen LogP contribution in [-0.4, -0.2) is 44.0 Å². The fourth-order valence-electron chi connectivity index (χ4n) is 2.86. The average Bonchev–Trinajstić information content (AvgIpc) is 2.74. The van der Waals surface area contributed by atoms with Crippen molar-refractivity contribution >= 4 is 23.3 Å². The minimum absolute atomic E-state index is 0.0476. The molecule has 0 aliphatic carbocycles. The van der Waals surface area contributed by atoms with Crippen LogP contribution >= 0.6 is 0 Å². The third-order valence-corrected chi connectivity index (χ3v) is 4.25. The summed E-state index contributed by atoms with van der Waals surface area (Å²) in [4.78, 5) is 38.0. The molecule has 1 heterocycles. The lowest BCUT2D eigenvalue weighted by Crippen LogP contribution is -2.39. The summed E-state index contributed by atoms with van der Waals surface area (Å²) in [5, 5.41) is 0. The van der Waals surface area contributed by atoms with Crippen molar-refractivity contribution in [3.05, 3.63) is 66.2 Å². The molecule has 0 fully saturated rings. The van der Waals surface area contributed by atoms with Gasteiger partial charge in [0, 0.05) is 12.1 Å². The number of fused-ring (bicyclic) bond motifs is 1. The lowest BCUT2D eigenvalue weighted by molar-refractivity contribution is -0.121. The van der Waals surface area contributed by atoms with Crippen LogP contribution in [0.5, 0.6) is 11.5 Å². The Kier molecular flexibility index (Phi) is 6.29. The van der Waals surface area contributed by atoms with Crippen LogP contribution in [0.3, 0.4) is 0 Å². The molecule has 0 N–H and O–H groups in total. The molecule has 0 atom stereocenters. The minimum Gasteiger partial charge on any atom is -0.485 e. The first-order valence-corrected chi connectivity index (χ1v) is 9.14. The Labute approximate surface area is 168 Å². The molecule has 0 unspecified atom stereocenters. The Morgan fingerprint density at radius 3 is 2.79 bits per heavy atom. The number of benzene rings is 2. The van der Waals surface area contributed by atoms with E-state index in [1.54, 1.807) is 49.4 Å². The van der Waals surface area contributed by atoms with Gasteiger partial charge in [-0.1, -0.05) is 12.1 Å². The topological polar surface area (TPSA) is 82.1 Å². The number of ether oxygens (including phenoxy) is 3. The number of carbonyl (C=O) groups excluding carboxylic acids is 3. The molecule has 150 valence electrons. The van der Waals surface area contributed by atoms with Gasteiger partial charge in [-0.15, -0.1) is 6.58 Å². The summed E-state index contributed by atoms with van der Waals surface area (Å²) in [6.07, 6.45) is 1.61. The van der Waals surface area contributed by atoms with E-state index in [0.29, 0.717) is 34.9 Å². The van der Waals surface area contributed by atoms with E-state index in [1.165, 1.54) is 11.0 Å². The first-order chi connectivity index (χ1) is 14.0. The Hall–Kier alpha value is -3.61. The minimum atomic E-state index is -0.453. The van der Waals surface area contributed by atoms with Gasteiger partial charge in [0.25, 0.3) is 5.91 Å². The number of hydrogen-bond acceptors (Lipinski definition) is 6. The van der Waals surface area contributed by atoms with Crippen molar-refractivity contribution < 1.29 is 28.6 Å². The van der Waals surface area contributed by atoms with E-state index in [-0.39, 0.29) is 31.5 Å². The third kappa shape index (κ3) is 4.63. The van der Waals surface area contributed by atoms with Crippen molar-refractivity contribution in [3.8, 4) is 11.5 Å². The van der Waals surface area contributed by atoms with Gasteiger partial charge in [-0.25, -0.2) is 4.79 Å². The first kappa shape index (κ1) is 20.1. The number of rotatable bonds is 8. The van der Waals surface area contributed by atoms with Gasteiger partial charge in [-0.3, -0.25) is 9.59 Å². The summed E-state index contributed by atoms with van der Waals surface area (Å²) in [6.45, 7) is 5.71. The highest BCUT2D eigenvalue weighted by molar-refractivity contribution is 6.02. The summed E-state index contributed by atoms with van der Waals surface area (Å²) in [5.41, 5.74) is 1.26. The molecule has 0 aromatic heterocycles. The number of nitrogens with zero attached hydrogens (tertiary/aromatic N) is 1. The van der Waals surface area contributed by atoms with Crippen molar-refractivity contribution in [3.63, 3.8) is 0 Å². The number of ketones is 1. The standard InChI is InChI=1S/C22H21NO6/c1-3-10-23-18-12-15(8-9-20(18)29-14-21(23)25)19(24)13-28-17-7-5-6-16(11-17)22(26)27-4-2/h3,5-9,11-12H,1,4,10,13-14H2,2H3. The monoisotopic (exact) mass is 395 g/mol. The molecule has 0 saturated heterocycles. The van der Waals surface area contributed by atoms with E-state index >= 15 is 0 Å². The van der Waals surface area contributed by atoms with Gasteiger partial charge >= 0.3 is 5.97 Å². The zero-order valence-electron chi connectivity index (χ0n) is 16.1. The highest BCUT2D eigenvalue weighted by atomic mass is 16.5. The van der Waals surface area contributed by atoms with Crippen molar-refractivity contribution in [2.45, 2.75) is 6.92 Å². The van der Waals surface area contributed by atoms with Gasteiger partial charge in [0.2, 0.25) is 0 Å². The summed E-state index contributed by atoms with van der Waals surface area (Å²) in [7, 11) is 0. The van der Waals surface area contributed by atoms with Gasteiger partial charge in [0.05, 0.1) is 17.9 Å². The summed E-state index contributed by atoms with van der Waals surface area (Å²) < 4.78 is 15.9. The van der Waals surface area contributed by atoms with E-state index in [0.717, 1.165) is 0 Å². The lowest BCUT2D eigenvalue weighted by atomic mass is 10.1. The number of anilines is 1. The van der Waals surface area contributed by atoms with E-state index in [4.69, 9.17) is 14.2 Å². The molecule has 3 rings (SSSR count). The van der Waals surface area contributed by atoms with Gasteiger partial charge in [0.15, 0.2) is 19.0 Å². The van der Waals surface area contributed by atoms with Gasteiger partial charge in [0.1, 0.15) is 11.5 Å². The molecule has 7 nitrogen and oxygen atoms in total. The molecule has 0 radical (unpaired) electrons. The second-order valence-corrected chi connectivity index (χ2v) is 6.22. The maximum Gasteiger partial charge on any atom is 0.338 e. The largest absolute Gasteiger partial charge is 0.485 e. The molecule has 2 aromatic rings. The van der Waals surface area contributed by atoms with E-state index in [1.807, 2.05) is 0 Å². The van der Waals surface area contributed by atoms with Crippen molar-refractivity contribution in [1.82, 2.24) is 0 Å². The van der Waals surface area contributed by atoms with Crippen LogP contribution in [0.15, 0.2) is 55.1 Å². The van der Waals surface area contributed by atoms with E-state index < -0.39 is 5.97 Å². The fraction of sp³-hybridized carbons (Fsp3) is 0.227. The zero-order valence-corrected chi connectivity index (χ0v) is 16.1. The molecule has 0 spiro atoms. The molecule has 0 bridgehead atoms. The Bertz CT molecular complexity index is 952. The number of amides is 1. The molecule has 0 saturated carbocycles. The molecule has 1 amide bonds. The van der Waals surface area contributed by atoms with Gasteiger partial charge in [-0.2, -0.15) is 0 Å². The maximum absolute atomic E-state index is 12.6. The third-order valence-electron chi connectivity index (χ3n) is 4.25. The summed E-state index contributed by atoms with van der Waals surface area (Å²) in [6, 6.07) is 11.3. The van der Waals surface area contributed by atoms with E-state index in [9.17, 15) is 14.4 Å². The normalized spacial score (nSPS) is 12.6. The highest BCUT2D eigenvalue weighted by Gasteiger charge is 2.25. The zero-order chi connectivity index (χ0) is 20.8. The lowest BCUT2D eigenvalue weighted by Gasteiger charge is -2.28. The van der Waals surface area contributed by atoms with Gasteiger partial charge in [-0.05, 0) is 43.3 Å².